The Morgan fingerprint density at radius 2 is 2.12 bits per heavy atom. The number of aryl methyl sites for hydroxylation is 1. The van der Waals surface area contributed by atoms with E-state index in [1.807, 2.05) is 0 Å². The molecule has 0 unspecified atom stereocenters. The van der Waals surface area contributed by atoms with Crippen LogP contribution in [0.15, 0.2) is 23.1 Å². The lowest BCUT2D eigenvalue weighted by molar-refractivity contribution is -0.115. The molecule has 1 N–H and O–H groups in total. The van der Waals surface area contributed by atoms with Gasteiger partial charge in [-0.1, -0.05) is 6.07 Å². The van der Waals surface area contributed by atoms with E-state index in [1.54, 1.807) is 25.1 Å². The van der Waals surface area contributed by atoms with Crippen molar-refractivity contribution in [2.45, 2.75) is 6.92 Å². The van der Waals surface area contributed by atoms with Gasteiger partial charge in [-0.2, -0.15) is 0 Å². The highest BCUT2D eigenvalue weighted by atomic mass is 32.2. The van der Waals surface area contributed by atoms with Gasteiger partial charge in [0.25, 0.3) is 11.1 Å². The zero-order chi connectivity index (χ0) is 11.7. The van der Waals surface area contributed by atoms with E-state index in [1.165, 1.54) is 6.07 Å². The predicted octanol–water partition coefficient (Wildman–Crippen LogP) is 2.46. The van der Waals surface area contributed by atoms with Crippen LogP contribution in [-0.2, 0) is 4.79 Å². The molecule has 5 heteroatoms. The van der Waals surface area contributed by atoms with E-state index >= 15 is 0 Å². The molecule has 0 atom stereocenters. The van der Waals surface area contributed by atoms with Gasteiger partial charge in [0.1, 0.15) is 5.82 Å². The Balaban J connectivity index is 2.32. The zero-order valence-corrected chi connectivity index (χ0v) is 9.23. The predicted molar refractivity (Wildman–Crippen MR) is 60.2 cm³/mol. The fourth-order valence-corrected chi connectivity index (χ4v) is 2.01. The molecule has 2 rings (SSSR count). The number of hydrogen-bond donors (Lipinski definition) is 1. The molecule has 0 bridgehead atoms. The average molecular weight is 237 g/mol. The highest BCUT2D eigenvalue weighted by Crippen LogP contribution is 2.25. The van der Waals surface area contributed by atoms with E-state index in [9.17, 15) is 14.0 Å². The van der Waals surface area contributed by atoms with Crippen molar-refractivity contribution >= 4 is 29.0 Å². The third-order valence-corrected chi connectivity index (χ3v) is 2.93. The fraction of sp³-hybridized carbons (Fsp3) is 0.0909. The monoisotopic (exact) mass is 237 g/mol. The first kappa shape index (κ1) is 10.9. The largest absolute Gasteiger partial charge is 0.290 e. The number of halogens is 1. The van der Waals surface area contributed by atoms with E-state index < -0.39 is 5.91 Å². The number of hydrogen-bond acceptors (Lipinski definition) is 3. The van der Waals surface area contributed by atoms with Crippen LogP contribution in [0.4, 0.5) is 9.18 Å². The second kappa shape index (κ2) is 4.09. The first-order valence-corrected chi connectivity index (χ1v) is 5.39. The molecule has 1 aromatic carbocycles. The van der Waals surface area contributed by atoms with Gasteiger partial charge in [-0.05, 0) is 48.0 Å². The quantitative estimate of drug-likeness (QED) is 0.763. The Labute approximate surface area is 95.7 Å². The summed E-state index contributed by atoms with van der Waals surface area (Å²) in [6.45, 7) is 1.64. The number of nitrogens with one attached hydrogen (secondary N) is 1. The Morgan fingerprint density at radius 1 is 1.38 bits per heavy atom. The molecule has 1 aromatic rings. The van der Waals surface area contributed by atoms with E-state index in [4.69, 9.17) is 0 Å². The van der Waals surface area contributed by atoms with Crippen molar-refractivity contribution in [3.8, 4) is 0 Å². The van der Waals surface area contributed by atoms with E-state index in [0.29, 0.717) is 16.0 Å². The minimum atomic E-state index is -0.406. The van der Waals surface area contributed by atoms with Gasteiger partial charge in [0.2, 0.25) is 0 Å². The molecule has 1 saturated heterocycles. The van der Waals surface area contributed by atoms with Gasteiger partial charge in [0.05, 0.1) is 4.91 Å². The highest BCUT2D eigenvalue weighted by molar-refractivity contribution is 8.18. The van der Waals surface area contributed by atoms with Gasteiger partial charge in [-0.3, -0.25) is 14.9 Å². The van der Waals surface area contributed by atoms with Crippen LogP contribution in [0.25, 0.3) is 6.08 Å². The molecule has 82 valence electrons. The molecule has 1 aliphatic rings. The van der Waals surface area contributed by atoms with Crippen LogP contribution >= 0.6 is 11.8 Å². The van der Waals surface area contributed by atoms with Crippen LogP contribution in [0.1, 0.15) is 11.1 Å². The number of amides is 2. The lowest BCUT2D eigenvalue weighted by Crippen LogP contribution is -2.17. The van der Waals surface area contributed by atoms with Crippen LogP contribution in [0, 0.1) is 12.7 Å². The third-order valence-electron chi connectivity index (χ3n) is 2.12. The van der Waals surface area contributed by atoms with Crippen LogP contribution in [-0.4, -0.2) is 11.1 Å². The van der Waals surface area contributed by atoms with Crippen molar-refractivity contribution < 1.29 is 14.0 Å². The lowest BCUT2D eigenvalue weighted by Gasteiger charge is -1.98. The van der Waals surface area contributed by atoms with Gasteiger partial charge < -0.3 is 0 Å². The van der Waals surface area contributed by atoms with Crippen molar-refractivity contribution in [3.63, 3.8) is 0 Å². The Hall–Kier alpha value is -1.62. The standard InChI is InChI=1S/C11H8FNO2S/c1-6-4-7(2-3-8(6)12)5-9-10(14)13-11(15)16-9/h2-5H,1H3,(H,13,14,15)/b9-5-. The summed E-state index contributed by atoms with van der Waals surface area (Å²) in [5, 5.41) is 1.78. The summed E-state index contributed by atoms with van der Waals surface area (Å²) in [5.41, 5.74) is 1.20. The minimum absolute atomic E-state index is 0.290. The molecule has 16 heavy (non-hydrogen) atoms. The van der Waals surface area contributed by atoms with Gasteiger partial charge in [0, 0.05) is 0 Å². The topological polar surface area (TPSA) is 46.2 Å². The maximum atomic E-state index is 13.0. The van der Waals surface area contributed by atoms with E-state index in [0.717, 1.165) is 11.8 Å². The molecular formula is C11H8FNO2S. The fourth-order valence-electron chi connectivity index (χ4n) is 1.33. The molecule has 0 aromatic heterocycles. The molecule has 1 aliphatic heterocycles. The normalized spacial score (nSPS) is 18.0. The average Bonchev–Trinajstić information content (AvgIpc) is 2.51. The van der Waals surface area contributed by atoms with Crippen LogP contribution in [0.2, 0.25) is 0 Å². The van der Waals surface area contributed by atoms with Gasteiger partial charge in [0.15, 0.2) is 0 Å². The summed E-state index contributed by atoms with van der Waals surface area (Å²) < 4.78 is 13.0. The van der Waals surface area contributed by atoms with Crippen molar-refractivity contribution in [1.29, 1.82) is 0 Å². The molecule has 0 radical (unpaired) electrons. The summed E-state index contributed by atoms with van der Waals surface area (Å²) in [6.07, 6.45) is 1.57. The second-order valence-corrected chi connectivity index (χ2v) is 4.38. The van der Waals surface area contributed by atoms with Crippen molar-refractivity contribution in [2.24, 2.45) is 0 Å². The summed E-state index contributed by atoms with van der Waals surface area (Å²) >= 11 is 0.846. The Morgan fingerprint density at radius 3 is 2.69 bits per heavy atom. The smallest absolute Gasteiger partial charge is 0.282 e. The first-order valence-electron chi connectivity index (χ1n) is 4.57. The van der Waals surface area contributed by atoms with Crippen molar-refractivity contribution in [3.05, 3.63) is 40.0 Å². The van der Waals surface area contributed by atoms with Crippen molar-refractivity contribution in [2.75, 3.05) is 0 Å². The van der Waals surface area contributed by atoms with Gasteiger partial charge in [-0.15, -0.1) is 0 Å². The number of thioether (sulfide) groups is 1. The first-order chi connectivity index (χ1) is 7.56. The molecule has 2 amide bonds. The van der Waals surface area contributed by atoms with Crippen LogP contribution in [0.3, 0.4) is 0 Å². The van der Waals surface area contributed by atoms with Crippen molar-refractivity contribution in [1.82, 2.24) is 5.32 Å². The van der Waals surface area contributed by atoms with Crippen LogP contribution < -0.4 is 5.32 Å². The molecule has 0 aliphatic carbocycles. The second-order valence-electron chi connectivity index (χ2n) is 3.36. The summed E-state index contributed by atoms with van der Waals surface area (Å²) in [4.78, 5) is 22.5. The molecule has 0 spiro atoms. The number of imide groups is 1. The van der Waals surface area contributed by atoms with Gasteiger partial charge >= 0.3 is 0 Å². The third kappa shape index (κ3) is 2.14. The summed E-state index contributed by atoms with van der Waals surface area (Å²) in [6, 6.07) is 4.52. The molecule has 3 nitrogen and oxygen atoms in total. The summed E-state index contributed by atoms with van der Waals surface area (Å²) in [7, 11) is 0. The lowest BCUT2D eigenvalue weighted by atomic mass is 10.1. The van der Waals surface area contributed by atoms with E-state index in [2.05, 4.69) is 5.32 Å². The summed E-state index contributed by atoms with van der Waals surface area (Å²) in [5.74, 6) is -0.696. The molecular weight excluding hydrogens is 229 g/mol. The Kier molecular flexibility index (Phi) is 2.78. The number of carbonyl (C=O) groups is 2. The number of benzene rings is 1. The van der Waals surface area contributed by atoms with E-state index in [-0.39, 0.29) is 11.1 Å². The number of rotatable bonds is 1. The maximum absolute atomic E-state index is 13.0. The number of carbonyl (C=O) groups excluding carboxylic acids is 2. The van der Waals surface area contributed by atoms with Crippen LogP contribution in [0.5, 0.6) is 0 Å². The molecule has 1 heterocycles. The SMILES string of the molecule is Cc1cc(/C=C2\SC(=O)NC2=O)ccc1F. The van der Waals surface area contributed by atoms with Gasteiger partial charge in [-0.25, -0.2) is 4.39 Å². The zero-order valence-electron chi connectivity index (χ0n) is 8.41. The minimum Gasteiger partial charge on any atom is -0.282 e. The molecule has 0 saturated carbocycles. The Bertz CT molecular complexity index is 511. The maximum Gasteiger partial charge on any atom is 0.290 e. The molecule has 1 fully saturated rings. The highest BCUT2D eigenvalue weighted by Gasteiger charge is 2.24.